The highest BCUT2D eigenvalue weighted by Gasteiger charge is 2.35. The topological polar surface area (TPSA) is 46.6 Å². The molecule has 6 heteroatoms. The van der Waals surface area contributed by atoms with E-state index in [-0.39, 0.29) is 30.1 Å². The molecule has 5 rings (SSSR count). The van der Waals surface area contributed by atoms with Crippen LogP contribution in [-0.2, 0) is 17.9 Å². The number of amides is 2. The van der Waals surface area contributed by atoms with E-state index in [1.807, 2.05) is 42.5 Å². The summed E-state index contributed by atoms with van der Waals surface area (Å²) in [5, 5.41) is 1.81. The fourth-order valence-electron chi connectivity index (χ4n) is 3.83. The van der Waals surface area contributed by atoms with Gasteiger partial charge in [-0.25, -0.2) is 4.39 Å². The maximum absolute atomic E-state index is 13.7. The SMILES string of the molecule is O=C1S/C(=C/c2ccc(OCc3ccccc3F)cc2)C(=O)N1Cc1cccc2ccccc12. The Bertz CT molecular complexity index is 1410. The van der Waals surface area contributed by atoms with E-state index in [4.69, 9.17) is 4.74 Å². The molecule has 2 amide bonds. The van der Waals surface area contributed by atoms with Crippen molar-refractivity contribution in [3.63, 3.8) is 0 Å². The molecule has 0 N–H and O–H groups in total. The van der Waals surface area contributed by atoms with E-state index >= 15 is 0 Å². The molecule has 34 heavy (non-hydrogen) atoms. The van der Waals surface area contributed by atoms with E-state index in [0.29, 0.717) is 16.2 Å². The summed E-state index contributed by atoms with van der Waals surface area (Å²) in [4.78, 5) is 27.2. The van der Waals surface area contributed by atoms with Gasteiger partial charge in [-0.3, -0.25) is 14.5 Å². The monoisotopic (exact) mass is 469 g/mol. The molecule has 168 valence electrons. The van der Waals surface area contributed by atoms with Crippen molar-refractivity contribution in [1.29, 1.82) is 0 Å². The van der Waals surface area contributed by atoms with E-state index in [1.54, 1.807) is 48.5 Å². The zero-order chi connectivity index (χ0) is 23.5. The molecular formula is C28H20FNO3S. The number of ether oxygens (including phenoxy) is 1. The Labute approximate surface area is 200 Å². The molecule has 4 aromatic rings. The average Bonchev–Trinajstić information content (AvgIpc) is 3.12. The molecule has 1 aliphatic rings. The van der Waals surface area contributed by atoms with E-state index in [9.17, 15) is 14.0 Å². The van der Waals surface area contributed by atoms with Gasteiger partial charge in [-0.2, -0.15) is 0 Å². The fourth-order valence-corrected chi connectivity index (χ4v) is 4.66. The number of thioether (sulfide) groups is 1. The largest absolute Gasteiger partial charge is 0.489 e. The van der Waals surface area contributed by atoms with Gasteiger partial charge in [-0.1, -0.05) is 72.8 Å². The molecular weight excluding hydrogens is 449 g/mol. The Balaban J connectivity index is 1.28. The summed E-state index contributed by atoms with van der Waals surface area (Å²) < 4.78 is 19.4. The van der Waals surface area contributed by atoms with E-state index < -0.39 is 0 Å². The first-order chi connectivity index (χ1) is 16.6. The van der Waals surface area contributed by atoms with Crippen LogP contribution in [0.25, 0.3) is 16.8 Å². The first-order valence-electron chi connectivity index (χ1n) is 10.8. The summed E-state index contributed by atoms with van der Waals surface area (Å²) in [5.74, 6) is -0.0226. The van der Waals surface area contributed by atoms with Gasteiger partial charge < -0.3 is 4.74 Å². The third-order valence-electron chi connectivity index (χ3n) is 5.61. The minimum absolute atomic E-state index is 0.124. The molecule has 0 aliphatic carbocycles. The van der Waals surface area contributed by atoms with Crippen molar-refractivity contribution in [3.05, 3.63) is 118 Å². The summed E-state index contributed by atoms with van der Waals surface area (Å²) in [6, 6.07) is 27.4. The number of nitrogens with zero attached hydrogens (tertiary/aromatic N) is 1. The summed E-state index contributed by atoms with van der Waals surface area (Å²) in [6.07, 6.45) is 1.70. The quantitative estimate of drug-likeness (QED) is 0.292. The first kappa shape index (κ1) is 21.9. The van der Waals surface area contributed by atoms with Crippen molar-refractivity contribution in [2.24, 2.45) is 0 Å². The van der Waals surface area contributed by atoms with Gasteiger partial charge in [0.2, 0.25) is 0 Å². The van der Waals surface area contributed by atoms with E-state index in [1.165, 1.54) is 11.0 Å². The molecule has 1 aliphatic heterocycles. The Hall–Kier alpha value is -3.90. The molecule has 1 saturated heterocycles. The van der Waals surface area contributed by atoms with Crippen LogP contribution in [0.5, 0.6) is 5.75 Å². The van der Waals surface area contributed by atoms with E-state index in [2.05, 4.69) is 0 Å². The molecule has 0 radical (unpaired) electrons. The lowest BCUT2D eigenvalue weighted by Gasteiger charge is -2.14. The second kappa shape index (κ2) is 9.53. The molecule has 0 aromatic heterocycles. The number of fused-ring (bicyclic) bond motifs is 1. The lowest BCUT2D eigenvalue weighted by molar-refractivity contribution is -0.123. The predicted molar refractivity (Wildman–Crippen MR) is 133 cm³/mol. The molecule has 4 aromatic carbocycles. The van der Waals surface area contributed by atoms with Crippen molar-refractivity contribution in [3.8, 4) is 5.75 Å². The van der Waals surface area contributed by atoms with Crippen LogP contribution in [-0.4, -0.2) is 16.0 Å². The highest BCUT2D eigenvalue weighted by atomic mass is 32.2. The van der Waals surface area contributed by atoms with Crippen LogP contribution < -0.4 is 4.74 Å². The van der Waals surface area contributed by atoms with Crippen LogP contribution in [0.2, 0.25) is 0 Å². The van der Waals surface area contributed by atoms with Gasteiger partial charge in [-0.05, 0) is 57.9 Å². The predicted octanol–water partition coefficient (Wildman–Crippen LogP) is 6.79. The molecule has 0 saturated carbocycles. The lowest BCUT2D eigenvalue weighted by atomic mass is 10.0. The van der Waals surface area contributed by atoms with Gasteiger partial charge in [0.15, 0.2) is 0 Å². The second-order valence-electron chi connectivity index (χ2n) is 7.86. The molecule has 0 unspecified atom stereocenters. The maximum Gasteiger partial charge on any atom is 0.293 e. The standard InChI is InChI=1S/C28H20FNO3S/c29-25-11-4-2-7-22(25)18-33-23-14-12-19(13-15-23)16-26-27(31)30(28(32)34-26)17-21-9-5-8-20-6-1-3-10-24(20)21/h1-16H,17-18H2/b26-16+. The fraction of sp³-hybridized carbons (Fsp3) is 0.0714. The highest BCUT2D eigenvalue weighted by molar-refractivity contribution is 8.18. The van der Waals surface area contributed by atoms with Gasteiger partial charge in [0.25, 0.3) is 11.1 Å². The normalized spacial score (nSPS) is 14.9. The Morgan fingerprint density at radius 1 is 0.824 bits per heavy atom. The Morgan fingerprint density at radius 3 is 2.35 bits per heavy atom. The number of hydrogen-bond donors (Lipinski definition) is 0. The molecule has 1 heterocycles. The maximum atomic E-state index is 13.7. The summed E-state index contributed by atoms with van der Waals surface area (Å²) in [5.41, 5.74) is 2.18. The number of benzene rings is 4. The number of halogens is 1. The first-order valence-corrected chi connectivity index (χ1v) is 11.6. The van der Waals surface area contributed by atoms with Crippen molar-refractivity contribution < 1.29 is 18.7 Å². The lowest BCUT2D eigenvalue weighted by Crippen LogP contribution is -2.27. The molecule has 4 nitrogen and oxygen atoms in total. The molecule has 0 bridgehead atoms. The van der Waals surface area contributed by atoms with Gasteiger partial charge in [0.1, 0.15) is 18.2 Å². The summed E-state index contributed by atoms with van der Waals surface area (Å²) in [7, 11) is 0. The second-order valence-corrected chi connectivity index (χ2v) is 8.85. The van der Waals surface area contributed by atoms with Crippen molar-refractivity contribution in [1.82, 2.24) is 4.90 Å². The van der Waals surface area contributed by atoms with Crippen LogP contribution >= 0.6 is 11.8 Å². The molecule has 1 fully saturated rings. The van der Waals surface area contributed by atoms with Crippen molar-refractivity contribution in [2.45, 2.75) is 13.2 Å². The van der Waals surface area contributed by atoms with Crippen LogP contribution in [0.3, 0.4) is 0 Å². The van der Waals surface area contributed by atoms with Crippen LogP contribution in [0.1, 0.15) is 16.7 Å². The summed E-state index contributed by atoms with van der Waals surface area (Å²) in [6.45, 7) is 0.352. The highest BCUT2D eigenvalue weighted by Crippen LogP contribution is 2.34. The van der Waals surface area contributed by atoms with Crippen molar-refractivity contribution >= 4 is 39.8 Å². The molecule has 0 atom stereocenters. The third-order valence-corrected chi connectivity index (χ3v) is 6.52. The Morgan fingerprint density at radius 2 is 1.53 bits per heavy atom. The average molecular weight is 470 g/mol. The zero-order valence-electron chi connectivity index (χ0n) is 18.1. The van der Waals surface area contributed by atoms with Gasteiger partial charge >= 0.3 is 0 Å². The summed E-state index contributed by atoms with van der Waals surface area (Å²) >= 11 is 0.940. The number of hydrogen-bond acceptors (Lipinski definition) is 4. The number of rotatable bonds is 6. The van der Waals surface area contributed by atoms with Crippen LogP contribution in [0, 0.1) is 5.82 Å². The Kier molecular flexibility index (Phi) is 6.14. The minimum atomic E-state index is -0.307. The van der Waals surface area contributed by atoms with Crippen molar-refractivity contribution in [2.75, 3.05) is 0 Å². The zero-order valence-corrected chi connectivity index (χ0v) is 18.9. The van der Waals surface area contributed by atoms with Gasteiger partial charge in [-0.15, -0.1) is 0 Å². The van der Waals surface area contributed by atoms with E-state index in [0.717, 1.165) is 33.7 Å². The van der Waals surface area contributed by atoms with Crippen LogP contribution in [0.4, 0.5) is 9.18 Å². The van der Waals surface area contributed by atoms with Gasteiger partial charge in [0.05, 0.1) is 11.4 Å². The van der Waals surface area contributed by atoms with Crippen LogP contribution in [0.15, 0.2) is 95.9 Å². The minimum Gasteiger partial charge on any atom is -0.489 e. The number of carbonyl (C=O) groups is 2. The number of imide groups is 1. The molecule has 0 spiro atoms. The smallest absolute Gasteiger partial charge is 0.293 e. The van der Waals surface area contributed by atoms with Gasteiger partial charge in [0, 0.05) is 5.56 Å². The number of carbonyl (C=O) groups excluding carboxylic acids is 2. The third kappa shape index (κ3) is 4.58.